The monoisotopic (exact) mass is 261 g/mol. The molecule has 0 bridgehead atoms. The molecule has 0 radical (unpaired) electrons. The molecule has 92 valence electrons. The van der Waals surface area contributed by atoms with E-state index in [1.807, 2.05) is 31.2 Å². The van der Waals surface area contributed by atoms with Crippen LogP contribution in [-0.2, 0) is 11.2 Å². The van der Waals surface area contributed by atoms with E-state index < -0.39 is 5.97 Å². The second-order valence-electron chi connectivity index (χ2n) is 4.03. The number of carboxylic acids is 1. The molecule has 18 heavy (non-hydrogen) atoms. The maximum absolute atomic E-state index is 10.7. The molecule has 0 saturated heterocycles. The highest BCUT2D eigenvalue weighted by molar-refractivity contribution is 6.31. The summed E-state index contributed by atoms with van der Waals surface area (Å²) in [5, 5.41) is 9.40. The first-order valence-corrected chi connectivity index (χ1v) is 5.88. The molecular weight excluding hydrogens is 250 g/mol. The number of hydrogen-bond acceptors (Lipinski definition) is 2. The lowest BCUT2D eigenvalue weighted by molar-refractivity contribution is -0.136. The Morgan fingerprint density at radius 1 is 1.33 bits per heavy atom. The molecule has 3 nitrogen and oxygen atoms in total. The van der Waals surface area contributed by atoms with Gasteiger partial charge in [0.1, 0.15) is 0 Å². The zero-order valence-electron chi connectivity index (χ0n) is 9.85. The first-order chi connectivity index (χ1) is 8.56. The predicted molar refractivity (Wildman–Crippen MR) is 70.8 cm³/mol. The van der Waals surface area contributed by atoms with Crippen LogP contribution in [0, 0.1) is 6.92 Å². The van der Waals surface area contributed by atoms with Crippen molar-refractivity contribution < 1.29 is 9.90 Å². The van der Waals surface area contributed by atoms with Crippen LogP contribution in [0.5, 0.6) is 0 Å². The molecule has 2 aromatic rings. The lowest BCUT2D eigenvalue weighted by atomic mass is 10.1. The number of benzene rings is 1. The minimum absolute atomic E-state index is 0.0143. The molecule has 0 unspecified atom stereocenters. The quantitative estimate of drug-likeness (QED) is 0.922. The van der Waals surface area contributed by atoms with Gasteiger partial charge in [-0.1, -0.05) is 29.8 Å². The fourth-order valence-electron chi connectivity index (χ4n) is 1.72. The Hall–Kier alpha value is -1.87. The van der Waals surface area contributed by atoms with Crippen molar-refractivity contribution in [2.45, 2.75) is 13.3 Å². The summed E-state index contributed by atoms with van der Waals surface area (Å²) < 4.78 is 0. The molecule has 4 heteroatoms. The molecule has 1 aromatic heterocycles. The Morgan fingerprint density at radius 2 is 2.11 bits per heavy atom. The van der Waals surface area contributed by atoms with Crippen molar-refractivity contribution in [2.24, 2.45) is 0 Å². The summed E-state index contributed by atoms with van der Waals surface area (Å²) in [5.41, 5.74) is 3.21. The molecule has 0 aliphatic heterocycles. The maximum Gasteiger partial charge on any atom is 0.307 e. The number of carbonyl (C=O) groups is 1. The van der Waals surface area contributed by atoms with E-state index in [0.717, 1.165) is 22.5 Å². The average molecular weight is 262 g/mol. The molecule has 0 amide bonds. The SMILES string of the molecule is Cc1nc(-c2cccc(CC(=O)O)c2)ccc1Cl. The molecule has 2 rings (SSSR count). The normalized spacial score (nSPS) is 10.3. The van der Waals surface area contributed by atoms with E-state index >= 15 is 0 Å². The third-order valence-corrected chi connectivity index (χ3v) is 3.00. The van der Waals surface area contributed by atoms with Crippen LogP contribution in [0.15, 0.2) is 36.4 Å². The Labute approximate surface area is 110 Å². The Morgan fingerprint density at radius 3 is 2.78 bits per heavy atom. The first kappa shape index (κ1) is 12.6. The number of rotatable bonds is 3. The van der Waals surface area contributed by atoms with Crippen LogP contribution in [-0.4, -0.2) is 16.1 Å². The molecule has 0 aliphatic carbocycles. The van der Waals surface area contributed by atoms with Crippen molar-refractivity contribution in [3.05, 3.63) is 52.7 Å². The van der Waals surface area contributed by atoms with Crippen LogP contribution in [0.1, 0.15) is 11.3 Å². The van der Waals surface area contributed by atoms with Gasteiger partial charge in [0.15, 0.2) is 0 Å². The molecule has 1 N–H and O–H groups in total. The Bertz CT molecular complexity index is 596. The van der Waals surface area contributed by atoms with Gasteiger partial charge in [0.2, 0.25) is 0 Å². The van der Waals surface area contributed by atoms with Gasteiger partial charge in [-0.25, -0.2) is 0 Å². The predicted octanol–water partition coefficient (Wildman–Crippen LogP) is 3.34. The molecule has 0 atom stereocenters. The summed E-state index contributed by atoms with van der Waals surface area (Å²) in [6.45, 7) is 1.84. The number of aryl methyl sites for hydroxylation is 1. The maximum atomic E-state index is 10.7. The van der Waals surface area contributed by atoms with Crippen LogP contribution in [0.4, 0.5) is 0 Å². The fraction of sp³-hybridized carbons (Fsp3) is 0.143. The van der Waals surface area contributed by atoms with Gasteiger partial charge >= 0.3 is 5.97 Å². The molecular formula is C14H12ClNO2. The smallest absolute Gasteiger partial charge is 0.307 e. The summed E-state index contributed by atoms with van der Waals surface area (Å²) >= 11 is 5.93. The Balaban J connectivity index is 2.38. The standard InChI is InChI=1S/C14H12ClNO2/c1-9-12(15)5-6-13(16-9)11-4-2-3-10(7-11)8-14(17)18/h2-7H,8H2,1H3,(H,17,18). The molecule has 1 aromatic carbocycles. The van der Waals surface area contributed by atoms with Gasteiger partial charge < -0.3 is 5.11 Å². The van der Waals surface area contributed by atoms with E-state index in [1.165, 1.54) is 0 Å². The highest BCUT2D eigenvalue weighted by Crippen LogP contribution is 2.22. The third kappa shape index (κ3) is 2.87. The summed E-state index contributed by atoms with van der Waals surface area (Å²) in [6, 6.07) is 11.0. The summed E-state index contributed by atoms with van der Waals surface area (Å²) in [7, 11) is 0. The second-order valence-corrected chi connectivity index (χ2v) is 4.44. The van der Waals surface area contributed by atoms with Crippen LogP contribution in [0.25, 0.3) is 11.3 Å². The molecule has 0 aliphatic rings. The van der Waals surface area contributed by atoms with Gasteiger partial charge in [-0.05, 0) is 30.7 Å². The third-order valence-electron chi connectivity index (χ3n) is 2.60. The molecule has 1 heterocycles. The zero-order chi connectivity index (χ0) is 13.1. The van der Waals surface area contributed by atoms with E-state index in [4.69, 9.17) is 16.7 Å². The Kier molecular flexibility index (Phi) is 3.63. The summed E-state index contributed by atoms with van der Waals surface area (Å²) in [6.07, 6.45) is 0.0143. The van der Waals surface area contributed by atoms with Crippen LogP contribution < -0.4 is 0 Å². The van der Waals surface area contributed by atoms with Crippen LogP contribution >= 0.6 is 11.6 Å². The van der Waals surface area contributed by atoms with Gasteiger partial charge in [-0.2, -0.15) is 0 Å². The topological polar surface area (TPSA) is 50.2 Å². The number of carboxylic acid groups (broad SMARTS) is 1. The van der Waals surface area contributed by atoms with Gasteiger partial charge in [0.05, 0.1) is 22.8 Å². The highest BCUT2D eigenvalue weighted by Gasteiger charge is 2.05. The number of hydrogen-bond donors (Lipinski definition) is 1. The minimum Gasteiger partial charge on any atom is -0.481 e. The van der Waals surface area contributed by atoms with Crippen LogP contribution in [0.3, 0.4) is 0 Å². The van der Waals surface area contributed by atoms with Gasteiger partial charge in [0, 0.05) is 5.56 Å². The van der Waals surface area contributed by atoms with Crippen LogP contribution in [0.2, 0.25) is 5.02 Å². The number of pyridine rings is 1. The van der Waals surface area contributed by atoms with E-state index in [1.54, 1.807) is 12.1 Å². The van der Waals surface area contributed by atoms with E-state index in [2.05, 4.69) is 4.98 Å². The molecule has 0 spiro atoms. The number of aromatic nitrogens is 1. The number of aliphatic carboxylic acids is 1. The van der Waals surface area contributed by atoms with Gasteiger partial charge in [-0.3, -0.25) is 9.78 Å². The van der Waals surface area contributed by atoms with Crippen molar-refractivity contribution in [3.63, 3.8) is 0 Å². The summed E-state index contributed by atoms with van der Waals surface area (Å²) in [4.78, 5) is 15.1. The lowest BCUT2D eigenvalue weighted by Crippen LogP contribution is -2.00. The first-order valence-electron chi connectivity index (χ1n) is 5.50. The van der Waals surface area contributed by atoms with Crippen molar-refractivity contribution in [3.8, 4) is 11.3 Å². The van der Waals surface area contributed by atoms with Crippen molar-refractivity contribution in [2.75, 3.05) is 0 Å². The second kappa shape index (κ2) is 5.19. The number of nitrogens with zero attached hydrogens (tertiary/aromatic N) is 1. The average Bonchev–Trinajstić information content (AvgIpc) is 2.32. The molecule has 0 fully saturated rings. The van der Waals surface area contributed by atoms with E-state index in [0.29, 0.717) is 5.02 Å². The van der Waals surface area contributed by atoms with Crippen molar-refractivity contribution in [1.29, 1.82) is 0 Å². The van der Waals surface area contributed by atoms with E-state index in [9.17, 15) is 4.79 Å². The fourth-order valence-corrected chi connectivity index (χ4v) is 1.83. The lowest BCUT2D eigenvalue weighted by Gasteiger charge is -2.05. The van der Waals surface area contributed by atoms with Gasteiger partial charge in [0.25, 0.3) is 0 Å². The van der Waals surface area contributed by atoms with E-state index in [-0.39, 0.29) is 6.42 Å². The number of halogens is 1. The minimum atomic E-state index is -0.840. The highest BCUT2D eigenvalue weighted by atomic mass is 35.5. The summed E-state index contributed by atoms with van der Waals surface area (Å²) in [5.74, 6) is -0.840. The molecule has 0 saturated carbocycles. The largest absolute Gasteiger partial charge is 0.481 e. The van der Waals surface area contributed by atoms with Crippen molar-refractivity contribution >= 4 is 17.6 Å². The zero-order valence-corrected chi connectivity index (χ0v) is 10.6. The van der Waals surface area contributed by atoms with Gasteiger partial charge in [-0.15, -0.1) is 0 Å². The van der Waals surface area contributed by atoms with Crippen molar-refractivity contribution in [1.82, 2.24) is 4.98 Å².